The number of thioether (sulfide) groups is 1. The van der Waals surface area contributed by atoms with Crippen LogP contribution in [-0.4, -0.2) is 20.3 Å². The van der Waals surface area contributed by atoms with Crippen LogP contribution in [0.25, 0.3) is 22.6 Å². The predicted molar refractivity (Wildman–Crippen MR) is 96.9 cm³/mol. The SMILES string of the molecule is CCSc1cc(Br)cnc1-c1nc2cc3c(cc2n1C)C(F)(F)OC3(F)F. The van der Waals surface area contributed by atoms with Crippen molar-refractivity contribution < 1.29 is 22.3 Å². The molecule has 3 heterocycles. The fourth-order valence-corrected chi connectivity index (χ4v) is 4.34. The summed E-state index contributed by atoms with van der Waals surface area (Å²) < 4.78 is 61.4. The van der Waals surface area contributed by atoms with Crippen LogP contribution in [0.15, 0.2) is 33.8 Å². The van der Waals surface area contributed by atoms with Gasteiger partial charge < -0.3 is 4.57 Å². The second kappa shape index (κ2) is 6.18. The largest absolute Gasteiger partial charge is 0.388 e. The summed E-state index contributed by atoms with van der Waals surface area (Å²) in [5, 5.41) is 0. The number of aryl methyl sites for hydroxylation is 1. The lowest BCUT2D eigenvalue weighted by Gasteiger charge is -2.11. The van der Waals surface area contributed by atoms with Crippen molar-refractivity contribution in [1.82, 2.24) is 14.5 Å². The van der Waals surface area contributed by atoms with Gasteiger partial charge in [0.05, 0.1) is 22.2 Å². The van der Waals surface area contributed by atoms with Crippen LogP contribution in [0, 0.1) is 0 Å². The van der Waals surface area contributed by atoms with Crippen LogP contribution in [-0.2, 0) is 24.0 Å². The van der Waals surface area contributed by atoms with E-state index >= 15 is 0 Å². The van der Waals surface area contributed by atoms with Crippen molar-refractivity contribution in [2.24, 2.45) is 7.05 Å². The second-order valence-electron chi connectivity index (χ2n) is 5.95. The van der Waals surface area contributed by atoms with Crippen LogP contribution in [0.5, 0.6) is 0 Å². The molecule has 1 aliphatic rings. The maximum atomic E-state index is 13.9. The number of hydrogen-bond acceptors (Lipinski definition) is 4. The van der Waals surface area contributed by atoms with E-state index in [1.165, 1.54) is 0 Å². The Labute approximate surface area is 164 Å². The molecule has 1 aliphatic heterocycles. The molecular weight excluding hydrogens is 450 g/mol. The molecule has 0 spiro atoms. The zero-order valence-corrected chi connectivity index (χ0v) is 16.5. The summed E-state index contributed by atoms with van der Waals surface area (Å²) >= 11 is 4.91. The van der Waals surface area contributed by atoms with E-state index in [-0.39, 0.29) is 5.52 Å². The van der Waals surface area contributed by atoms with Crippen molar-refractivity contribution in [3.05, 3.63) is 40.0 Å². The number of hydrogen-bond donors (Lipinski definition) is 0. The minimum Gasteiger partial charge on any atom is -0.326 e. The van der Waals surface area contributed by atoms with E-state index in [4.69, 9.17) is 0 Å². The van der Waals surface area contributed by atoms with E-state index in [9.17, 15) is 17.6 Å². The van der Waals surface area contributed by atoms with E-state index in [1.54, 1.807) is 29.6 Å². The summed E-state index contributed by atoms with van der Waals surface area (Å²) in [6.45, 7) is 1.99. The number of nitrogens with zero attached hydrogens (tertiary/aromatic N) is 3. The first-order chi connectivity index (χ1) is 12.6. The molecule has 10 heteroatoms. The quantitative estimate of drug-likeness (QED) is 0.373. The van der Waals surface area contributed by atoms with Crippen molar-refractivity contribution in [3.8, 4) is 11.5 Å². The number of pyridine rings is 1. The van der Waals surface area contributed by atoms with Crippen LogP contribution >= 0.6 is 27.7 Å². The standard InChI is InChI=1S/C17H12BrF4N3OS/c1-3-27-13-4-8(18)7-23-14(13)15-24-11-5-9-10(6-12(11)25(15)2)17(21,22)26-16(9,19)20/h4-7H,3H2,1-2H3. The molecule has 0 fully saturated rings. The Balaban J connectivity index is 1.95. The molecule has 4 rings (SSSR count). The first-order valence-electron chi connectivity index (χ1n) is 7.90. The Bertz CT molecular complexity index is 1070. The minimum absolute atomic E-state index is 0.171. The Kier molecular flexibility index (Phi) is 4.28. The third-order valence-electron chi connectivity index (χ3n) is 4.23. The summed E-state index contributed by atoms with van der Waals surface area (Å²) in [6, 6.07) is 3.85. The molecule has 2 aromatic heterocycles. The summed E-state index contributed by atoms with van der Waals surface area (Å²) in [5.41, 5.74) is -0.692. The van der Waals surface area contributed by atoms with E-state index in [0.717, 1.165) is 27.3 Å². The fourth-order valence-electron chi connectivity index (χ4n) is 3.06. The number of benzene rings is 1. The lowest BCUT2D eigenvalue weighted by atomic mass is 10.1. The van der Waals surface area contributed by atoms with Crippen LogP contribution in [0.4, 0.5) is 17.6 Å². The smallest absolute Gasteiger partial charge is 0.326 e. The van der Waals surface area contributed by atoms with Crippen LogP contribution in [0.1, 0.15) is 18.1 Å². The fraction of sp³-hybridized carbons (Fsp3) is 0.294. The first kappa shape index (κ1) is 18.7. The molecular formula is C17H12BrF4N3OS. The van der Waals surface area contributed by atoms with Gasteiger partial charge in [-0.3, -0.25) is 4.98 Å². The van der Waals surface area contributed by atoms with Crippen molar-refractivity contribution in [3.63, 3.8) is 0 Å². The highest BCUT2D eigenvalue weighted by atomic mass is 79.9. The van der Waals surface area contributed by atoms with Gasteiger partial charge in [0.2, 0.25) is 0 Å². The zero-order chi connectivity index (χ0) is 19.6. The van der Waals surface area contributed by atoms with Gasteiger partial charge in [-0.2, -0.15) is 17.6 Å². The number of imidazole rings is 1. The number of rotatable bonds is 3. The highest BCUT2D eigenvalue weighted by Crippen LogP contribution is 2.52. The molecule has 0 amide bonds. The van der Waals surface area contributed by atoms with Gasteiger partial charge in [0.15, 0.2) is 5.82 Å². The lowest BCUT2D eigenvalue weighted by molar-refractivity contribution is -0.369. The molecule has 4 nitrogen and oxygen atoms in total. The molecule has 0 saturated carbocycles. The molecule has 3 aromatic rings. The maximum absolute atomic E-state index is 13.9. The van der Waals surface area contributed by atoms with Crippen molar-refractivity contribution >= 4 is 38.7 Å². The highest BCUT2D eigenvalue weighted by molar-refractivity contribution is 9.10. The maximum Gasteiger partial charge on any atom is 0.388 e. The topological polar surface area (TPSA) is 39.9 Å². The predicted octanol–water partition coefficient (Wildman–Crippen LogP) is 5.64. The zero-order valence-electron chi connectivity index (χ0n) is 14.1. The molecule has 0 aliphatic carbocycles. The number of fused-ring (bicyclic) bond motifs is 2. The Morgan fingerprint density at radius 3 is 2.48 bits per heavy atom. The summed E-state index contributed by atoms with van der Waals surface area (Å²) in [4.78, 5) is 9.62. The molecule has 0 unspecified atom stereocenters. The van der Waals surface area contributed by atoms with Crippen molar-refractivity contribution in [1.29, 1.82) is 0 Å². The Hall–Kier alpha value is -1.65. The minimum atomic E-state index is -4.07. The van der Waals surface area contributed by atoms with E-state index in [2.05, 4.69) is 30.6 Å². The molecule has 0 bridgehead atoms. The molecule has 0 atom stereocenters. The number of halogens is 5. The average Bonchev–Trinajstić information content (AvgIpc) is 2.98. The normalized spacial score (nSPS) is 17.4. The number of alkyl halides is 4. The summed E-state index contributed by atoms with van der Waals surface area (Å²) in [7, 11) is 1.63. The van der Waals surface area contributed by atoms with Gasteiger partial charge in [-0.25, -0.2) is 9.72 Å². The summed E-state index contributed by atoms with van der Waals surface area (Å²) in [6.07, 6.45) is -6.52. The molecule has 27 heavy (non-hydrogen) atoms. The van der Waals surface area contributed by atoms with Gasteiger partial charge in [0, 0.05) is 22.6 Å². The van der Waals surface area contributed by atoms with E-state index < -0.39 is 23.3 Å². The first-order valence-corrected chi connectivity index (χ1v) is 9.68. The highest BCUT2D eigenvalue weighted by Gasteiger charge is 2.57. The molecule has 142 valence electrons. The van der Waals surface area contributed by atoms with Crippen molar-refractivity contribution in [2.75, 3.05) is 5.75 Å². The van der Waals surface area contributed by atoms with Crippen LogP contribution in [0.3, 0.4) is 0 Å². The van der Waals surface area contributed by atoms with Gasteiger partial charge >= 0.3 is 12.2 Å². The van der Waals surface area contributed by atoms with Crippen LogP contribution < -0.4 is 0 Å². The van der Waals surface area contributed by atoms with E-state index in [1.807, 2.05) is 13.0 Å². The van der Waals surface area contributed by atoms with Gasteiger partial charge in [-0.05, 0) is 39.9 Å². The molecule has 0 saturated heterocycles. The number of aromatic nitrogens is 3. The average molecular weight is 462 g/mol. The Morgan fingerprint density at radius 2 is 1.81 bits per heavy atom. The molecule has 0 radical (unpaired) electrons. The third-order valence-corrected chi connectivity index (χ3v) is 5.58. The second-order valence-corrected chi connectivity index (χ2v) is 8.17. The Morgan fingerprint density at radius 1 is 1.15 bits per heavy atom. The monoisotopic (exact) mass is 461 g/mol. The lowest BCUT2D eigenvalue weighted by Crippen LogP contribution is -2.17. The third kappa shape index (κ3) is 2.94. The molecule has 1 aromatic carbocycles. The number of ether oxygens (including phenoxy) is 1. The van der Waals surface area contributed by atoms with E-state index in [0.29, 0.717) is 17.0 Å². The summed E-state index contributed by atoms with van der Waals surface area (Å²) in [5.74, 6) is 1.20. The van der Waals surface area contributed by atoms with Gasteiger partial charge in [-0.1, -0.05) is 6.92 Å². The van der Waals surface area contributed by atoms with Gasteiger partial charge in [0.1, 0.15) is 5.69 Å². The van der Waals surface area contributed by atoms with Gasteiger partial charge in [-0.15, -0.1) is 11.8 Å². The van der Waals surface area contributed by atoms with Crippen LogP contribution in [0.2, 0.25) is 0 Å². The molecule has 0 N–H and O–H groups in total. The van der Waals surface area contributed by atoms with Crippen molar-refractivity contribution in [2.45, 2.75) is 24.0 Å². The van der Waals surface area contributed by atoms with Gasteiger partial charge in [0.25, 0.3) is 0 Å².